The molecule has 1 aliphatic heterocycles. The Balaban J connectivity index is 1.97. The van der Waals surface area contributed by atoms with E-state index >= 15 is 0 Å². The predicted molar refractivity (Wildman–Crippen MR) is 146 cm³/mol. The molecule has 2 heterocycles. The number of hydrogen-bond acceptors (Lipinski definition) is 8. The topological polar surface area (TPSA) is 88.4 Å². The molecule has 0 aliphatic carbocycles. The molecule has 1 aromatic heterocycles. The minimum absolute atomic E-state index is 0.197. The molecule has 4 rings (SSSR count). The minimum Gasteiger partial charge on any atom is -0.497 e. The van der Waals surface area contributed by atoms with Crippen LogP contribution in [-0.4, -0.2) is 38.5 Å². The first-order valence-electron chi connectivity index (χ1n) is 11.1. The zero-order valence-electron chi connectivity index (χ0n) is 20.5. The van der Waals surface area contributed by atoms with Crippen molar-refractivity contribution in [2.45, 2.75) is 19.9 Å². The number of nitrogens with zero attached hydrogens (tertiary/aromatic N) is 2. The number of hydrogen-bond donors (Lipinski definition) is 0. The zero-order chi connectivity index (χ0) is 26.0. The van der Waals surface area contributed by atoms with Gasteiger partial charge in [0.15, 0.2) is 4.80 Å². The molecule has 10 heteroatoms. The number of esters is 1. The number of carbonyl (C=O) groups is 1. The van der Waals surface area contributed by atoms with Crippen LogP contribution < -0.4 is 29.1 Å². The molecular weight excluding hydrogens is 595 g/mol. The van der Waals surface area contributed by atoms with E-state index in [1.165, 1.54) is 23.0 Å². The van der Waals surface area contributed by atoms with Gasteiger partial charge in [-0.05, 0) is 72.3 Å². The van der Waals surface area contributed by atoms with E-state index in [4.69, 9.17) is 18.9 Å². The number of allylic oxidation sites excluding steroid dienone is 1. The Labute approximate surface area is 225 Å². The van der Waals surface area contributed by atoms with Crippen LogP contribution in [0.2, 0.25) is 0 Å². The Bertz CT molecular complexity index is 1540. The van der Waals surface area contributed by atoms with Gasteiger partial charge in [-0.1, -0.05) is 17.4 Å². The van der Waals surface area contributed by atoms with E-state index in [-0.39, 0.29) is 12.2 Å². The molecule has 1 atom stereocenters. The molecule has 36 heavy (non-hydrogen) atoms. The van der Waals surface area contributed by atoms with Gasteiger partial charge in [0.1, 0.15) is 23.3 Å². The summed E-state index contributed by atoms with van der Waals surface area (Å²) in [5.74, 6) is 1.31. The summed E-state index contributed by atoms with van der Waals surface area (Å²) in [6.45, 7) is 3.68. The lowest BCUT2D eigenvalue weighted by atomic mass is 9.95. The van der Waals surface area contributed by atoms with Crippen molar-refractivity contribution >= 4 is 46.0 Å². The number of fused-ring (bicyclic) bond motifs is 1. The lowest BCUT2D eigenvalue weighted by Crippen LogP contribution is -2.40. The first-order valence-corrected chi connectivity index (χ1v) is 13.0. The van der Waals surface area contributed by atoms with Crippen LogP contribution >= 0.6 is 33.9 Å². The minimum atomic E-state index is -0.778. The number of halogens is 1. The smallest absolute Gasteiger partial charge is 0.338 e. The highest BCUT2D eigenvalue weighted by Crippen LogP contribution is 2.37. The summed E-state index contributed by atoms with van der Waals surface area (Å²) in [6, 6.07) is 10.2. The molecule has 2 aromatic carbocycles. The molecule has 0 N–H and O–H groups in total. The van der Waals surface area contributed by atoms with Crippen molar-refractivity contribution in [2.24, 2.45) is 4.99 Å². The van der Waals surface area contributed by atoms with Crippen LogP contribution in [0, 0.1) is 3.57 Å². The highest BCUT2D eigenvalue weighted by molar-refractivity contribution is 14.1. The van der Waals surface area contributed by atoms with Crippen LogP contribution in [0.5, 0.6) is 17.2 Å². The van der Waals surface area contributed by atoms with E-state index in [1.54, 1.807) is 46.3 Å². The van der Waals surface area contributed by atoms with Crippen molar-refractivity contribution in [3.8, 4) is 17.2 Å². The van der Waals surface area contributed by atoms with Gasteiger partial charge >= 0.3 is 5.97 Å². The van der Waals surface area contributed by atoms with Gasteiger partial charge in [-0.15, -0.1) is 0 Å². The Kier molecular flexibility index (Phi) is 7.84. The lowest BCUT2D eigenvalue weighted by molar-refractivity contribution is -0.139. The van der Waals surface area contributed by atoms with E-state index < -0.39 is 12.0 Å². The first-order chi connectivity index (χ1) is 17.3. The maximum Gasteiger partial charge on any atom is 0.338 e. The number of carbonyl (C=O) groups excluding carboxylic acids is 1. The van der Waals surface area contributed by atoms with Gasteiger partial charge in [-0.25, -0.2) is 9.79 Å². The molecule has 0 fully saturated rings. The van der Waals surface area contributed by atoms with Gasteiger partial charge in [-0.3, -0.25) is 9.36 Å². The normalized spacial score (nSPS) is 15.3. The van der Waals surface area contributed by atoms with Crippen LogP contribution in [0.3, 0.4) is 0 Å². The number of aromatic nitrogens is 1. The van der Waals surface area contributed by atoms with E-state index in [1.807, 2.05) is 24.3 Å². The average Bonchev–Trinajstić information content (AvgIpc) is 3.17. The summed E-state index contributed by atoms with van der Waals surface area (Å²) < 4.78 is 24.6. The standard InChI is InChI=1S/C26H25IN2O6S/c1-6-35-25(31)22-14(2)28-26-29(23(22)17-9-8-16(32-3)13-20(17)34-5)24(30)21(36-26)12-15-7-10-19(33-4)18(27)11-15/h7-13,23H,6H2,1-5H3/b21-12-. The van der Waals surface area contributed by atoms with Crippen molar-refractivity contribution in [1.82, 2.24) is 4.57 Å². The number of ether oxygens (including phenoxy) is 4. The van der Waals surface area contributed by atoms with Crippen molar-refractivity contribution in [3.05, 3.63) is 82.1 Å². The van der Waals surface area contributed by atoms with E-state index in [9.17, 15) is 9.59 Å². The molecule has 3 aromatic rings. The fourth-order valence-electron chi connectivity index (χ4n) is 4.05. The molecule has 0 spiro atoms. The average molecular weight is 620 g/mol. The fraction of sp³-hybridized carbons (Fsp3) is 0.269. The van der Waals surface area contributed by atoms with E-state index in [2.05, 4.69) is 27.6 Å². The Hall–Kier alpha value is -3.12. The number of rotatable bonds is 7. The number of methoxy groups -OCH3 is 3. The summed E-state index contributed by atoms with van der Waals surface area (Å²) in [4.78, 5) is 32.0. The number of thiazole rings is 1. The maximum atomic E-state index is 13.8. The summed E-state index contributed by atoms with van der Waals surface area (Å²) in [5.41, 5.74) is 2.00. The van der Waals surface area contributed by atoms with Crippen LogP contribution in [0.4, 0.5) is 0 Å². The van der Waals surface area contributed by atoms with Crippen molar-refractivity contribution in [3.63, 3.8) is 0 Å². The first kappa shape index (κ1) is 26.0. The SMILES string of the molecule is CCOC(=O)C1=C(C)N=c2s/c(=C\c3ccc(OC)c(I)c3)c(=O)n2C1c1ccc(OC)cc1OC. The zero-order valence-corrected chi connectivity index (χ0v) is 23.4. The van der Waals surface area contributed by atoms with Crippen LogP contribution in [0.25, 0.3) is 6.08 Å². The maximum absolute atomic E-state index is 13.8. The molecule has 1 aliphatic rings. The highest BCUT2D eigenvalue weighted by Gasteiger charge is 2.35. The summed E-state index contributed by atoms with van der Waals surface area (Å²) in [6.07, 6.45) is 1.82. The molecule has 0 saturated carbocycles. The van der Waals surface area contributed by atoms with Gasteiger partial charge in [0.25, 0.3) is 5.56 Å². The van der Waals surface area contributed by atoms with Gasteiger partial charge < -0.3 is 18.9 Å². The lowest BCUT2D eigenvalue weighted by Gasteiger charge is -2.26. The molecule has 1 unspecified atom stereocenters. The van der Waals surface area contributed by atoms with Gasteiger partial charge in [0.2, 0.25) is 0 Å². The molecule has 8 nitrogen and oxygen atoms in total. The highest BCUT2D eigenvalue weighted by atomic mass is 127. The van der Waals surface area contributed by atoms with Crippen molar-refractivity contribution < 1.29 is 23.7 Å². The number of benzene rings is 2. The molecular formula is C26H25IN2O6S. The van der Waals surface area contributed by atoms with Crippen LogP contribution in [-0.2, 0) is 9.53 Å². The molecule has 188 valence electrons. The van der Waals surface area contributed by atoms with Gasteiger partial charge in [0.05, 0.1) is 47.3 Å². The fourth-order valence-corrected chi connectivity index (χ4v) is 5.86. The summed E-state index contributed by atoms with van der Waals surface area (Å²) >= 11 is 3.46. The third-order valence-corrected chi connectivity index (χ3v) is 7.55. The predicted octanol–water partition coefficient (Wildman–Crippen LogP) is 3.43. The van der Waals surface area contributed by atoms with Crippen molar-refractivity contribution in [2.75, 3.05) is 27.9 Å². The quantitative estimate of drug-likeness (QED) is 0.297. The Morgan fingerprint density at radius 2 is 1.86 bits per heavy atom. The molecule has 0 radical (unpaired) electrons. The largest absolute Gasteiger partial charge is 0.497 e. The van der Waals surface area contributed by atoms with Crippen molar-refractivity contribution in [1.29, 1.82) is 0 Å². The summed E-state index contributed by atoms with van der Waals surface area (Å²) in [5, 5.41) is 0. The molecule has 0 bridgehead atoms. The Morgan fingerprint density at radius 3 is 2.50 bits per heavy atom. The monoisotopic (exact) mass is 620 g/mol. The van der Waals surface area contributed by atoms with Gasteiger partial charge in [-0.2, -0.15) is 0 Å². The third-order valence-electron chi connectivity index (χ3n) is 5.73. The molecule has 0 saturated heterocycles. The second-order valence-electron chi connectivity index (χ2n) is 7.80. The second-order valence-corrected chi connectivity index (χ2v) is 9.98. The van der Waals surface area contributed by atoms with E-state index in [0.29, 0.717) is 37.7 Å². The second kappa shape index (κ2) is 10.9. The molecule has 0 amide bonds. The Morgan fingerprint density at radius 1 is 1.11 bits per heavy atom. The third kappa shape index (κ3) is 4.79. The van der Waals surface area contributed by atoms with Crippen LogP contribution in [0.15, 0.2) is 57.5 Å². The van der Waals surface area contributed by atoms with Crippen LogP contribution in [0.1, 0.15) is 31.0 Å². The van der Waals surface area contributed by atoms with Gasteiger partial charge in [0, 0.05) is 11.6 Å². The summed E-state index contributed by atoms with van der Waals surface area (Å²) in [7, 11) is 4.71. The van der Waals surface area contributed by atoms with E-state index in [0.717, 1.165) is 14.9 Å².